The van der Waals surface area contributed by atoms with Crippen LogP contribution in [0.1, 0.15) is 44.2 Å². The van der Waals surface area contributed by atoms with Crippen LogP contribution in [-0.2, 0) is 4.74 Å². The molecule has 0 amide bonds. The first-order valence-corrected chi connectivity index (χ1v) is 8.57. The summed E-state index contributed by atoms with van der Waals surface area (Å²) < 4.78 is 6.24. The minimum Gasteiger partial charge on any atom is -0.472 e. The van der Waals surface area contributed by atoms with Gasteiger partial charge < -0.3 is 4.74 Å². The molecule has 22 heavy (non-hydrogen) atoms. The molecule has 3 atom stereocenters. The Morgan fingerprint density at radius 2 is 2.05 bits per heavy atom. The second kappa shape index (κ2) is 6.00. The molecule has 0 fully saturated rings. The highest BCUT2D eigenvalue weighted by molar-refractivity contribution is 7.80. The molecule has 0 saturated carbocycles. The van der Waals surface area contributed by atoms with E-state index in [0.717, 1.165) is 12.0 Å². The van der Waals surface area contributed by atoms with Crippen LogP contribution >= 0.6 is 12.2 Å². The van der Waals surface area contributed by atoms with E-state index in [1.165, 1.54) is 24.0 Å². The van der Waals surface area contributed by atoms with Gasteiger partial charge in [-0.1, -0.05) is 43.3 Å². The molecular formula is C20H24OS. The fraction of sp³-hybridized carbons (Fsp3) is 0.450. The topological polar surface area (TPSA) is 9.23 Å². The lowest BCUT2D eigenvalue weighted by atomic mass is 9.73. The number of hydrogen-bond donors (Lipinski definition) is 0. The summed E-state index contributed by atoms with van der Waals surface area (Å²) in [7, 11) is 0. The zero-order chi connectivity index (χ0) is 15.7. The Morgan fingerprint density at radius 3 is 2.82 bits per heavy atom. The summed E-state index contributed by atoms with van der Waals surface area (Å²) in [6.07, 6.45) is 10.4. The molecule has 116 valence electrons. The van der Waals surface area contributed by atoms with Crippen molar-refractivity contribution in [3.05, 3.63) is 59.2 Å². The third-order valence-corrected chi connectivity index (χ3v) is 5.19. The Hall–Kier alpha value is -1.41. The van der Waals surface area contributed by atoms with Crippen molar-refractivity contribution >= 4 is 17.3 Å². The number of hydrogen-bond acceptors (Lipinski definition) is 2. The number of rotatable bonds is 2. The Balaban J connectivity index is 1.78. The Kier molecular flexibility index (Phi) is 4.22. The van der Waals surface area contributed by atoms with Crippen molar-refractivity contribution in [3.63, 3.8) is 0 Å². The van der Waals surface area contributed by atoms with E-state index in [0.29, 0.717) is 16.9 Å². The number of aryl methyl sites for hydroxylation is 1. The fourth-order valence-corrected chi connectivity index (χ4v) is 3.98. The van der Waals surface area contributed by atoms with Crippen molar-refractivity contribution in [3.8, 4) is 0 Å². The maximum atomic E-state index is 6.24. The van der Waals surface area contributed by atoms with Gasteiger partial charge in [0.05, 0.1) is 0 Å². The van der Waals surface area contributed by atoms with Crippen LogP contribution in [0.3, 0.4) is 0 Å². The average molecular weight is 312 g/mol. The molecular weight excluding hydrogens is 288 g/mol. The van der Waals surface area contributed by atoms with Gasteiger partial charge in [0.1, 0.15) is 5.60 Å². The molecule has 1 aromatic rings. The quantitative estimate of drug-likeness (QED) is 0.678. The van der Waals surface area contributed by atoms with Crippen molar-refractivity contribution in [1.82, 2.24) is 0 Å². The van der Waals surface area contributed by atoms with Gasteiger partial charge in [-0.3, -0.25) is 0 Å². The van der Waals surface area contributed by atoms with Gasteiger partial charge in [0.25, 0.3) is 0 Å². The molecule has 2 aliphatic carbocycles. The van der Waals surface area contributed by atoms with Gasteiger partial charge in [0.15, 0.2) is 5.05 Å². The minimum atomic E-state index is -0.290. The third-order valence-electron chi connectivity index (χ3n) is 4.89. The van der Waals surface area contributed by atoms with Gasteiger partial charge >= 0.3 is 0 Å². The Morgan fingerprint density at radius 1 is 1.27 bits per heavy atom. The predicted molar refractivity (Wildman–Crippen MR) is 96.1 cm³/mol. The SMILES string of the molecule is Cc1ccccc1C(=S)O[C@]1(C)C=CC2=C[C@H](C)CC[C@H]2C1. The normalized spacial score (nSPS) is 30.4. The lowest BCUT2D eigenvalue weighted by molar-refractivity contribution is 0.0983. The first-order valence-electron chi connectivity index (χ1n) is 8.17. The fourth-order valence-electron chi connectivity index (χ4n) is 3.56. The van der Waals surface area contributed by atoms with Gasteiger partial charge in [0.2, 0.25) is 0 Å². The number of thiocarbonyl (C=S) groups is 1. The van der Waals surface area contributed by atoms with Crippen molar-refractivity contribution in [2.45, 2.75) is 45.6 Å². The zero-order valence-corrected chi connectivity index (χ0v) is 14.5. The van der Waals surface area contributed by atoms with Crippen LogP contribution in [-0.4, -0.2) is 10.7 Å². The number of fused-ring (bicyclic) bond motifs is 1. The summed E-state index contributed by atoms with van der Waals surface area (Å²) in [5.74, 6) is 1.32. The van der Waals surface area contributed by atoms with Gasteiger partial charge in [-0.2, -0.15) is 0 Å². The smallest absolute Gasteiger partial charge is 0.192 e. The first-order chi connectivity index (χ1) is 10.5. The van der Waals surface area contributed by atoms with E-state index in [9.17, 15) is 0 Å². The van der Waals surface area contributed by atoms with Crippen LogP contribution < -0.4 is 0 Å². The number of benzene rings is 1. The van der Waals surface area contributed by atoms with Crippen molar-refractivity contribution in [1.29, 1.82) is 0 Å². The maximum Gasteiger partial charge on any atom is 0.192 e. The minimum absolute atomic E-state index is 0.290. The zero-order valence-electron chi connectivity index (χ0n) is 13.6. The molecule has 0 N–H and O–H groups in total. The summed E-state index contributed by atoms with van der Waals surface area (Å²) in [5.41, 5.74) is 3.40. The maximum absolute atomic E-state index is 6.24. The molecule has 0 spiro atoms. The van der Waals surface area contributed by atoms with Crippen molar-refractivity contribution < 1.29 is 4.74 Å². The molecule has 0 saturated heterocycles. The monoisotopic (exact) mass is 312 g/mol. The van der Waals surface area contributed by atoms with Crippen LogP contribution in [0.25, 0.3) is 0 Å². The van der Waals surface area contributed by atoms with Crippen LogP contribution in [0.5, 0.6) is 0 Å². The lowest BCUT2D eigenvalue weighted by Crippen LogP contribution is -2.35. The molecule has 2 heteroatoms. The standard InChI is InChI=1S/C20H24OS/c1-14-8-9-17-13-20(3,11-10-16(17)12-14)21-19(22)18-7-5-4-6-15(18)2/h4-7,10-12,14,17H,8-9,13H2,1-3H3/t14-,17+,20-/m1/s1. The van der Waals surface area contributed by atoms with Crippen molar-refractivity contribution in [2.24, 2.45) is 11.8 Å². The van der Waals surface area contributed by atoms with Gasteiger partial charge in [-0.05, 0) is 74.4 Å². The van der Waals surface area contributed by atoms with E-state index in [-0.39, 0.29) is 5.60 Å². The molecule has 3 rings (SSSR count). The van der Waals surface area contributed by atoms with Crippen LogP contribution in [0, 0.1) is 18.8 Å². The number of allylic oxidation sites excluding steroid dienone is 3. The molecule has 2 aliphatic rings. The lowest BCUT2D eigenvalue weighted by Gasteiger charge is -2.38. The highest BCUT2D eigenvalue weighted by Crippen LogP contribution is 2.40. The summed E-state index contributed by atoms with van der Waals surface area (Å²) >= 11 is 5.56. The molecule has 1 aromatic carbocycles. The van der Waals surface area contributed by atoms with E-state index < -0.39 is 0 Å². The molecule has 0 aromatic heterocycles. The van der Waals surface area contributed by atoms with E-state index in [1.807, 2.05) is 18.2 Å². The largest absolute Gasteiger partial charge is 0.472 e. The second-order valence-electron chi connectivity index (χ2n) is 6.97. The Labute approximate surface area is 139 Å². The molecule has 0 bridgehead atoms. The number of ether oxygens (including phenoxy) is 1. The van der Waals surface area contributed by atoms with Crippen LogP contribution in [0.15, 0.2) is 48.1 Å². The highest BCUT2D eigenvalue weighted by atomic mass is 32.1. The van der Waals surface area contributed by atoms with Gasteiger partial charge in [0, 0.05) is 5.56 Å². The highest BCUT2D eigenvalue weighted by Gasteiger charge is 2.35. The summed E-state index contributed by atoms with van der Waals surface area (Å²) in [6, 6.07) is 8.17. The molecule has 0 unspecified atom stereocenters. The summed E-state index contributed by atoms with van der Waals surface area (Å²) in [6.45, 7) is 6.53. The van der Waals surface area contributed by atoms with Gasteiger partial charge in [-0.25, -0.2) is 0 Å². The Bertz CT molecular complexity index is 643. The molecule has 0 radical (unpaired) electrons. The average Bonchev–Trinajstić information content (AvgIpc) is 2.48. The van der Waals surface area contributed by atoms with Crippen LogP contribution in [0.4, 0.5) is 0 Å². The van der Waals surface area contributed by atoms with Crippen LogP contribution in [0.2, 0.25) is 0 Å². The summed E-state index contributed by atoms with van der Waals surface area (Å²) in [4.78, 5) is 0. The summed E-state index contributed by atoms with van der Waals surface area (Å²) in [5, 5.41) is 0.613. The van der Waals surface area contributed by atoms with E-state index in [4.69, 9.17) is 17.0 Å². The first kappa shape index (κ1) is 15.5. The molecule has 1 nitrogen and oxygen atoms in total. The van der Waals surface area contributed by atoms with Crippen molar-refractivity contribution in [2.75, 3.05) is 0 Å². The van der Waals surface area contributed by atoms with E-state index in [2.05, 4.69) is 45.1 Å². The second-order valence-corrected chi connectivity index (χ2v) is 7.34. The third kappa shape index (κ3) is 3.17. The molecule has 0 heterocycles. The molecule has 0 aliphatic heterocycles. The van der Waals surface area contributed by atoms with E-state index in [1.54, 1.807) is 0 Å². The van der Waals surface area contributed by atoms with Gasteiger partial charge in [-0.15, -0.1) is 0 Å². The van der Waals surface area contributed by atoms with E-state index >= 15 is 0 Å². The predicted octanol–water partition coefficient (Wildman–Crippen LogP) is 5.38.